The highest BCUT2D eigenvalue weighted by Crippen LogP contribution is 2.12. The Morgan fingerprint density at radius 2 is 2.11 bits per heavy atom. The summed E-state index contributed by atoms with van der Waals surface area (Å²) in [6.45, 7) is 7.08. The standard InChI is InChI=1S/C13H27N3O.ClH/c1-4-8-16(11-13(17)15(2)3)10-12-6-5-7-14-9-12;/h12,14H,4-11H2,1-3H3;1H. The maximum atomic E-state index is 11.7. The molecule has 108 valence electrons. The number of rotatable bonds is 6. The molecule has 4 nitrogen and oxygen atoms in total. The molecule has 5 heteroatoms. The van der Waals surface area contributed by atoms with Crippen LogP contribution in [0.3, 0.4) is 0 Å². The summed E-state index contributed by atoms with van der Waals surface area (Å²) in [5.74, 6) is 0.924. The number of carbonyl (C=O) groups is 1. The molecule has 0 aromatic carbocycles. The van der Waals surface area contributed by atoms with E-state index < -0.39 is 0 Å². The number of piperidine rings is 1. The zero-order valence-corrected chi connectivity index (χ0v) is 12.8. The second-order valence-electron chi connectivity index (χ2n) is 5.24. The smallest absolute Gasteiger partial charge is 0.236 e. The molecule has 0 spiro atoms. The Bertz CT molecular complexity index is 230. The largest absolute Gasteiger partial charge is 0.348 e. The Kier molecular flexibility index (Phi) is 9.42. The topological polar surface area (TPSA) is 35.6 Å². The van der Waals surface area contributed by atoms with Crippen LogP contribution in [0.5, 0.6) is 0 Å². The Morgan fingerprint density at radius 3 is 2.61 bits per heavy atom. The van der Waals surface area contributed by atoms with Crippen LogP contribution in [0.25, 0.3) is 0 Å². The zero-order valence-electron chi connectivity index (χ0n) is 11.9. The SMILES string of the molecule is CCCN(CC(=O)N(C)C)CC1CCCNC1.Cl. The Balaban J connectivity index is 0.00000289. The first-order valence-corrected chi connectivity index (χ1v) is 6.76. The third-order valence-electron chi connectivity index (χ3n) is 3.31. The number of hydrogen-bond donors (Lipinski definition) is 1. The van der Waals surface area contributed by atoms with Crippen molar-refractivity contribution in [1.29, 1.82) is 0 Å². The number of hydrogen-bond acceptors (Lipinski definition) is 3. The van der Waals surface area contributed by atoms with Crippen LogP contribution < -0.4 is 5.32 Å². The van der Waals surface area contributed by atoms with Gasteiger partial charge in [0.15, 0.2) is 0 Å². The van der Waals surface area contributed by atoms with Gasteiger partial charge in [0.05, 0.1) is 6.54 Å². The van der Waals surface area contributed by atoms with Crippen LogP contribution in [0.4, 0.5) is 0 Å². The van der Waals surface area contributed by atoms with Gasteiger partial charge in [-0.05, 0) is 44.8 Å². The van der Waals surface area contributed by atoms with Gasteiger partial charge in [-0.15, -0.1) is 12.4 Å². The highest BCUT2D eigenvalue weighted by molar-refractivity contribution is 5.85. The number of nitrogens with zero attached hydrogens (tertiary/aromatic N) is 2. The average molecular weight is 278 g/mol. The van der Waals surface area contributed by atoms with Crippen molar-refractivity contribution in [3.05, 3.63) is 0 Å². The van der Waals surface area contributed by atoms with E-state index in [1.165, 1.54) is 12.8 Å². The Hall–Kier alpha value is -0.320. The number of halogens is 1. The maximum Gasteiger partial charge on any atom is 0.236 e. The van der Waals surface area contributed by atoms with Gasteiger partial charge in [0.1, 0.15) is 0 Å². The summed E-state index contributed by atoms with van der Waals surface area (Å²) >= 11 is 0. The lowest BCUT2D eigenvalue weighted by atomic mass is 9.99. The fraction of sp³-hybridized carbons (Fsp3) is 0.923. The van der Waals surface area contributed by atoms with Gasteiger partial charge in [-0.3, -0.25) is 9.69 Å². The predicted molar refractivity (Wildman–Crippen MR) is 78.3 cm³/mol. The van der Waals surface area contributed by atoms with E-state index in [4.69, 9.17) is 0 Å². The monoisotopic (exact) mass is 277 g/mol. The fourth-order valence-corrected chi connectivity index (χ4v) is 2.33. The maximum absolute atomic E-state index is 11.7. The van der Waals surface area contributed by atoms with E-state index in [2.05, 4.69) is 17.1 Å². The summed E-state index contributed by atoms with van der Waals surface area (Å²) in [5, 5.41) is 3.44. The van der Waals surface area contributed by atoms with Crippen LogP contribution in [0.1, 0.15) is 26.2 Å². The highest BCUT2D eigenvalue weighted by Gasteiger charge is 2.18. The molecule has 0 aliphatic carbocycles. The normalized spacial score (nSPS) is 19.4. The molecule has 0 saturated carbocycles. The molecule has 1 N–H and O–H groups in total. The lowest BCUT2D eigenvalue weighted by Gasteiger charge is -2.30. The molecule has 18 heavy (non-hydrogen) atoms. The molecule has 0 aromatic rings. The quantitative estimate of drug-likeness (QED) is 0.793. The number of likely N-dealkylation sites (N-methyl/N-ethyl adjacent to an activating group) is 1. The second kappa shape index (κ2) is 9.59. The summed E-state index contributed by atoms with van der Waals surface area (Å²) in [6, 6.07) is 0. The van der Waals surface area contributed by atoms with E-state index in [0.717, 1.165) is 32.6 Å². The van der Waals surface area contributed by atoms with Crippen LogP contribution in [0.15, 0.2) is 0 Å². The van der Waals surface area contributed by atoms with Crippen molar-refractivity contribution in [3.8, 4) is 0 Å². The molecule has 1 aliphatic rings. The van der Waals surface area contributed by atoms with Crippen molar-refractivity contribution in [3.63, 3.8) is 0 Å². The van der Waals surface area contributed by atoms with Crippen molar-refractivity contribution in [2.24, 2.45) is 5.92 Å². The molecule has 0 aromatic heterocycles. The van der Waals surface area contributed by atoms with E-state index in [-0.39, 0.29) is 18.3 Å². The van der Waals surface area contributed by atoms with Crippen molar-refractivity contribution in [2.75, 3.05) is 46.8 Å². The molecule has 1 rings (SSSR count). The van der Waals surface area contributed by atoms with Crippen molar-refractivity contribution in [2.45, 2.75) is 26.2 Å². The van der Waals surface area contributed by atoms with Gasteiger partial charge in [0.2, 0.25) is 5.91 Å². The van der Waals surface area contributed by atoms with Crippen LogP contribution in [0.2, 0.25) is 0 Å². The lowest BCUT2D eigenvalue weighted by Crippen LogP contribution is -2.42. The lowest BCUT2D eigenvalue weighted by molar-refractivity contribution is -0.130. The summed E-state index contributed by atoms with van der Waals surface area (Å²) in [7, 11) is 3.66. The van der Waals surface area contributed by atoms with Gasteiger partial charge < -0.3 is 10.2 Å². The average Bonchev–Trinajstić information content (AvgIpc) is 2.30. The zero-order chi connectivity index (χ0) is 12.7. The molecule has 1 amide bonds. The molecule has 1 unspecified atom stereocenters. The Morgan fingerprint density at radius 1 is 1.39 bits per heavy atom. The molecule has 1 saturated heterocycles. The molecular formula is C13H28ClN3O. The molecule has 1 aliphatic heterocycles. The number of carbonyl (C=O) groups excluding carboxylic acids is 1. The predicted octanol–water partition coefficient (Wildman–Crippen LogP) is 1.21. The van der Waals surface area contributed by atoms with Crippen molar-refractivity contribution in [1.82, 2.24) is 15.1 Å². The summed E-state index contributed by atoms with van der Waals surface area (Å²) < 4.78 is 0. The van der Waals surface area contributed by atoms with Crippen molar-refractivity contribution >= 4 is 18.3 Å². The molecule has 0 bridgehead atoms. The highest BCUT2D eigenvalue weighted by atomic mass is 35.5. The first-order valence-electron chi connectivity index (χ1n) is 6.76. The minimum absolute atomic E-state index is 0. The van der Waals surface area contributed by atoms with Gasteiger partial charge in [-0.2, -0.15) is 0 Å². The molecular weight excluding hydrogens is 250 g/mol. The van der Waals surface area contributed by atoms with E-state index in [9.17, 15) is 4.79 Å². The van der Waals surface area contributed by atoms with Crippen LogP contribution in [-0.4, -0.2) is 62.5 Å². The van der Waals surface area contributed by atoms with E-state index in [0.29, 0.717) is 12.5 Å². The van der Waals surface area contributed by atoms with Gasteiger partial charge >= 0.3 is 0 Å². The van der Waals surface area contributed by atoms with Crippen molar-refractivity contribution < 1.29 is 4.79 Å². The van der Waals surface area contributed by atoms with E-state index in [1.807, 2.05) is 14.1 Å². The van der Waals surface area contributed by atoms with Crippen LogP contribution in [0, 0.1) is 5.92 Å². The molecule has 1 atom stereocenters. The summed E-state index contributed by atoms with van der Waals surface area (Å²) in [6.07, 6.45) is 3.68. The fourth-order valence-electron chi connectivity index (χ4n) is 2.33. The third kappa shape index (κ3) is 6.57. The first kappa shape index (κ1) is 17.7. The second-order valence-corrected chi connectivity index (χ2v) is 5.24. The van der Waals surface area contributed by atoms with E-state index in [1.54, 1.807) is 4.90 Å². The minimum atomic E-state index is 0. The van der Waals surface area contributed by atoms with Gasteiger partial charge in [-0.25, -0.2) is 0 Å². The van der Waals surface area contributed by atoms with E-state index >= 15 is 0 Å². The minimum Gasteiger partial charge on any atom is -0.348 e. The van der Waals surface area contributed by atoms with Gasteiger partial charge in [-0.1, -0.05) is 6.92 Å². The molecule has 1 heterocycles. The third-order valence-corrected chi connectivity index (χ3v) is 3.31. The van der Waals surface area contributed by atoms with Crippen LogP contribution >= 0.6 is 12.4 Å². The van der Waals surface area contributed by atoms with Gasteiger partial charge in [0, 0.05) is 20.6 Å². The van der Waals surface area contributed by atoms with Crippen LogP contribution in [-0.2, 0) is 4.79 Å². The summed E-state index contributed by atoms with van der Waals surface area (Å²) in [5.41, 5.74) is 0. The number of nitrogens with one attached hydrogen (secondary N) is 1. The molecule has 0 radical (unpaired) electrons. The Labute approximate surface area is 117 Å². The number of amides is 1. The molecule has 1 fully saturated rings. The first-order chi connectivity index (χ1) is 8.13. The summed E-state index contributed by atoms with van der Waals surface area (Å²) in [4.78, 5) is 15.7. The van der Waals surface area contributed by atoms with Gasteiger partial charge in [0.25, 0.3) is 0 Å².